The van der Waals surface area contributed by atoms with Crippen LogP contribution in [0.5, 0.6) is 17.2 Å². The van der Waals surface area contributed by atoms with Gasteiger partial charge in [0.05, 0.1) is 30.9 Å². The maximum atomic E-state index is 12.7. The number of carbonyl (C=O) groups excluding carboxylic acids is 2. The van der Waals surface area contributed by atoms with Crippen molar-refractivity contribution in [1.82, 2.24) is 4.90 Å². The molecular formula is C42H42N2O5. The van der Waals surface area contributed by atoms with E-state index in [1.54, 1.807) is 24.3 Å². The van der Waals surface area contributed by atoms with Crippen LogP contribution < -0.4 is 14.8 Å². The predicted molar refractivity (Wildman–Crippen MR) is 192 cm³/mol. The number of rotatable bonds is 13. The molecule has 0 aliphatic heterocycles. The molecule has 0 atom stereocenters. The molecule has 0 aromatic heterocycles. The zero-order valence-electron chi connectivity index (χ0n) is 27.8. The lowest BCUT2D eigenvalue weighted by atomic mass is 9.91. The fourth-order valence-electron chi connectivity index (χ4n) is 6.33. The Labute approximate surface area is 288 Å². The minimum absolute atomic E-state index is 0.155. The van der Waals surface area contributed by atoms with Crippen LogP contribution in [0.15, 0.2) is 133 Å². The molecule has 1 fully saturated rings. The van der Waals surface area contributed by atoms with Gasteiger partial charge in [0.2, 0.25) is 5.91 Å². The summed E-state index contributed by atoms with van der Waals surface area (Å²) >= 11 is 0. The number of hydrogen-bond acceptors (Lipinski definition) is 6. The zero-order valence-corrected chi connectivity index (χ0v) is 27.8. The summed E-state index contributed by atoms with van der Waals surface area (Å²) in [6, 6.07) is 43.9. The van der Waals surface area contributed by atoms with Crippen LogP contribution >= 0.6 is 0 Å². The highest BCUT2D eigenvalue weighted by molar-refractivity contribution is 6.01. The molecule has 7 nitrogen and oxygen atoms in total. The lowest BCUT2D eigenvalue weighted by Gasteiger charge is -2.37. The third kappa shape index (κ3) is 9.58. The van der Waals surface area contributed by atoms with Crippen LogP contribution in [0.4, 0.5) is 5.69 Å². The maximum Gasteiger partial charge on any atom is 0.339 e. The van der Waals surface area contributed by atoms with E-state index >= 15 is 0 Å². The van der Waals surface area contributed by atoms with Crippen molar-refractivity contribution in [3.63, 3.8) is 0 Å². The number of amides is 1. The first-order valence-electron chi connectivity index (χ1n) is 16.8. The minimum atomic E-state index is -0.500. The standard InChI is InChI=1S/C42H42N2O5/c1-47-42(46)39-14-8-9-15-40(39)43-41(45)28-31-16-20-35(21-17-31)48-37-24-26-38(27-25-37)49-36-22-18-34(19-23-36)44(29-32-10-4-2-5-11-32)30-33-12-6-3-7-13-33/h2-17,20-21,24-27,34,36H,18-19,22-23,28-30H2,1H3,(H,43,45)/t34-,36+. The van der Waals surface area contributed by atoms with Crippen LogP contribution in [-0.4, -0.2) is 36.0 Å². The third-order valence-electron chi connectivity index (χ3n) is 8.87. The van der Waals surface area contributed by atoms with Gasteiger partial charge in [-0.15, -0.1) is 0 Å². The van der Waals surface area contributed by atoms with Crippen LogP contribution in [-0.2, 0) is 29.0 Å². The highest BCUT2D eigenvalue weighted by atomic mass is 16.5. The zero-order chi connectivity index (χ0) is 33.8. The second-order valence-electron chi connectivity index (χ2n) is 12.4. The molecule has 1 saturated carbocycles. The molecule has 5 aromatic carbocycles. The van der Waals surface area contributed by atoms with Gasteiger partial charge in [-0.2, -0.15) is 0 Å². The highest BCUT2D eigenvalue weighted by Crippen LogP contribution is 2.30. The molecule has 49 heavy (non-hydrogen) atoms. The molecule has 0 radical (unpaired) electrons. The summed E-state index contributed by atoms with van der Waals surface area (Å²) in [6.45, 7) is 1.89. The maximum absolute atomic E-state index is 12.7. The van der Waals surface area contributed by atoms with E-state index in [1.807, 2.05) is 48.5 Å². The normalized spacial score (nSPS) is 15.7. The van der Waals surface area contributed by atoms with Gasteiger partial charge in [-0.25, -0.2) is 4.79 Å². The summed E-state index contributed by atoms with van der Waals surface area (Å²) in [5, 5.41) is 2.80. The first kappa shape index (κ1) is 33.5. The number of esters is 1. The van der Waals surface area contributed by atoms with E-state index in [0.717, 1.165) is 50.1 Å². The molecule has 0 spiro atoms. The average molecular weight is 655 g/mol. The van der Waals surface area contributed by atoms with E-state index in [9.17, 15) is 9.59 Å². The summed E-state index contributed by atoms with van der Waals surface area (Å²) in [4.78, 5) is 27.3. The second-order valence-corrected chi connectivity index (χ2v) is 12.4. The molecule has 6 rings (SSSR count). The molecule has 0 bridgehead atoms. The Morgan fingerprint density at radius 2 is 1.16 bits per heavy atom. The van der Waals surface area contributed by atoms with Crippen molar-refractivity contribution in [2.45, 2.75) is 57.3 Å². The molecular weight excluding hydrogens is 612 g/mol. The monoisotopic (exact) mass is 654 g/mol. The molecule has 1 amide bonds. The minimum Gasteiger partial charge on any atom is -0.490 e. The highest BCUT2D eigenvalue weighted by Gasteiger charge is 2.27. The summed E-state index contributed by atoms with van der Waals surface area (Å²) in [5.41, 5.74) is 4.24. The van der Waals surface area contributed by atoms with Gasteiger partial charge in [-0.3, -0.25) is 9.69 Å². The Kier molecular flexibility index (Phi) is 11.4. The predicted octanol–water partition coefficient (Wildman–Crippen LogP) is 8.84. The quantitative estimate of drug-likeness (QED) is 0.128. The van der Waals surface area contributed by atoms with E-state index in [4.69, 9.17) is 14.2 Å². The number of anilines is 1. The summed E-state index contributed by atoms with van der Waals surface area (Å²) < 4.78 is 17.3. The largest absolute Gasteiger partial charge is 0.490 e. The molecule has 5 aromatic rings. The van der Waals surface area contributed by atoms with Crippen LogP contribution in [0.3, 0.4) is 0 Å². The van der Waals surface area contributed by atoms with Crippen molar-refractivity contribution in [2.75, 3.05) is 12.4 Å². The van der Waals surface area contributed by atoms with Crippen molar-refractivity contribution >= 4 is 17.6 Å². The number of benzene rings is 5. The third-order valence-corrected chi connectivity index (χ3v) is 8.87. The van der Waals surface area contributed by atoms with E-state index in [1.165, 1.54) is 18.2 Å². The lowest BCUT2D eigenvalue weighted by Crippen LogP contribution is -2.39. The van der Waals surface area contributed by atoms with Crippen LogP contribution in [0.2, 0.25) is 0 Å². The number of hydrogen-bond donors (Lipinski definition) is 1. The first-order chi connectivity index (χ1) is 24.0. The van der Waals surface area contributed by atoms with Crippen molar-refractivity contribution in [2.24, 2.45) is 0 Å². The number of carbonyl (C=O) groups is 2. The van der Waals surface area contributed by atoms with E-state index in [2.05, 4.69) is 70.9 Å². The van der Waals surface area contributed by atoms with Crippen molar-refractivity contribution in [1.29, 1.82) is 0 Å². The smallest absolute Gasteiger partial charge is 0.339 e. The summed E-state index contributed by atoms with van der Waals surface area (Å²) in [7, 11) is 1.31. The van der Waals surface area contributed by atoms with E-state index in [0.29, 0.717) is 28.8 Å². The van der Waals surface area contributed by atoms with Gasteiger partial charge >= 0.3 is 5.97 Å². The first-order valence-corrected chi connectivity index (χ1v) is 16.8. The van der Waals surface area contributed by atoms with Gasteiger partial charge in [0, 0.05) is 19.1 Å². The van der Waals surface area contributed by atoms with Crippen LogP contribution in [0, 0.1) is 0 Å². The van der Waals surface area contributed by atoms with Gasteiger partial charge in [0.1, 0.15) is 17.2 Å². The molecule has 1 aliphatic carbocycles. The fourth-order valence-corrected chi connectivity index (χ4v) is 6.33. The van der Waals surface area contributed by atoms with Gasteiger partial charge in [0.25, 0.3) is 0 Å². The van der Waals surface area contributed by atoms with Crippen molar-refractivity contribution in [3.8, 4) is 17.2 Å². The molecule has 7 heteroatoms. The fraction of sp³-hybridized carbons (Fsp3) is 0.238. The Hall–Kier alpha value is -5.40. The Morgan fingerprint density at radius 1 is 0.633 bits per heavy atom. The van der Waals surface area contributed by atoms with Crippen molar-refractivity contribution in [3.05, 3.63) is 156 Å². The van der Waals surface area contributed by atoms with Gasteiger partial charge in [-0.1, -0.05) is 84.9 Å². The molecule has 250 valence electrons. The molecule has 0 unspecified atom stereocenters. The molecule has 0 heterocycles. The van der Waals surface area contributed by atoms with Crippen LogP contribution in [0.1, 0.15) is 52.7 Å². The number of nitrogens with one attached hydrogen (secondary N) is 1. The number of methoxy groups -OCH3 is 1. The van der Waals surface area contributed by atoms with Gasteiger partial charge < -0.3 is 19.5 Å². The number of para-hydroxylation sites is 1. The number of nitrogens with zero attached hydrogens (tertiary/aromatic N) is 1. The van der Waals surface area contributed by atoms with Gasteiger partial charge in [-0.05, 0) is 90.9 Å². The van der Waals surface area contributed by atoms with Gasteiger partial charge in [0.15, 0.2) is 0 Å². The van der Waals surface area contributed by atoms with Crippen molar-refractivity contribution < 1.29 is 23.8 Å². The SMILES string of the molecule is COC(=O)c1ccccc1NC(=O)Cc1ccc(Oc2ccc(O[C@H]3CC[C@@H](N(Cc4ccccc4)Cc4ccccc4)CC3)cc2)cc1. The molecule has 0 saturated heterocycles. The van der Waals surface area contributed by atoms with E-state index in [-0.39, 0.29) is 18.4 Å². The number of ether oxygens (including phenoxy) is 3. The molecule has 1 N–H and O–H groups in total. The second kappa shape index (κ2) is 16.6. The Morgan fingerprint density at radius 3 is 1.76 bits per heavy atom. The topological polar surface area (TPSA) is 77.1 Å². The van der Waals surface area contributed by atoms with E-state index < -0.39 is 5.97 Å². The lowest BCUT2D eigenvalue weighted by molar-refractivity contribution is -0.115. The summed E-state index contributed by atoms with van der Waals surface area (Å²) in [5.74, 6) is 1.49. The Bertz CT molecular complexity index is 1740. The van der Waals surface area contributed by atoms with Crippen LogP contribution in [0.25, 0.3) is 0 Å². The summed E-state index contributed by atoms with van der Waals surface area (Å²) in [6.07, 6.45) is 4.59. The average Bonchev–Trinajstić information content (AvgIpc) is 3.14. The molecule has 1 aliphatic rings. The Balaban J connectivity index is 0.975.